The molecule has 0 bridgehead atoms. The van der Waals surface area contributed by atoms with Gasteiger partial charge in [-0.15, -0.1) is 0 Å². The molecule has 1 aliphatic rings. The summed E-state index contributed by atoms with van der Waals surface area (Å²) in [4.78, 5) is 18.8. The number of rotatable bonds is 5. The van der Waals surface area contributed by atoms with Gasteiger partial charge in [0.15, 0.2) is 5.13 Å². The van der Waals surface area contributed by atoms with E-state index in [1.807, 2.05) is 0 Å². The second kappa shape index (κ2) is 6.87. The molecule has 1 atom stereocenters. The molecule has 2 N–H and O–H groups in total. The molecule has 1 unspecified atom stereocenters. The molecule has 0 spiro atoms. The van der Waals surface area contributed by atoms with Crippen molar-refractivity contribution in [3.63, 3.8) is 0 Å². The second-order valence-corrected chi connectivity index (χ2v) is 5.42. The lowest BCUT2D eigenvalue weighted by atomic mass is 10.2. The fraction of sp³-hybridized carbons (Fsp3) is 0.667. The van der Waals surface area contributed by atoms with Crippen molar-refractivity contribution in [1.82, 2.24) is 4.98 Å². The number of ether oxygens (including phenoxy) is 3. The molecule has 0 aromatic carbocycles. The van der Waals surface area contributed by atoms with Crippen molar-refractivity contribution in [2.24, 2.45) is 5.73 Å². The van der Waals surface area contributed by atoms with Gasteiger partial charge in [0.25, 0.3) is 0 Å². The summed E-state index contributed by atoms with van der Waals surface area (Å²) in [6.07, 6.45) is 0.359. The number of aromatic nitrogens is 1. The highest BCUT2D eigenvalue weighted by molar-refractivity contribution is 7.15. The van der Waals surface area contributed by atoms with Crippen LogP contribution in [0.1, 0.15) is 4.88 Å². The zero-order valence-electron chi connectivity index (χ0n) is 11.6. The fourth-order valence-corrected chi connectivity index (χ4v) is 3.08. The second-order valence-electron chi connectivity index (χ2n) is 4.36. The third-order valence-electron chi connectivity index (χ3n) is 3.03. The molecule has 2 heterocycles. The number of hydrogen-bond donors (Lipinski definition) is 1. The van der Waals surface area contributed by atoms with Crippen LogP contribution in [-0.2, 0) is 20.7 Å². The Balaban J connectivity index is 2.11. The van der Waals surface area contributed by atoms with Gasteiger partial charge in [0.05, 0.1) is 32.3 Å². The highest BCUT2D eigenvalue weighted by atomic mass is 32.1. The first-order valence-electron chi connectivity index (χ1n) is 6.35. The van der Waals surface area contributed by atoms with E-state index in [0.717, 1.165) is 23.1 Å². The summed E-state index contributed by atoms with van der Waals surface area (Å²) in [7, 11) is 2.89. The van der Waals surface area contributed by atoms with Crippen LogP contribution >= 0.6 is 11.3 Å². The Hall–Kier alpha value is -1.38. The van der Waals surface area contributed by atoms with Gasteiger partial charge in [-0.05, 0) is 0 Å². The lowest BCUT2D eigenvalue weighted by Crippen LogP contribution is -2.36. The van der Waals surface area contributed by atoms with E-state index in [1.54, 1.807) is 7.11 Å². The van der Waals surface area contributed by atoms with Crippen LogP contribution in [0.5, 0.6) is 5.88 Å². The molecular formula is C12H19N3O4S. The third kappa shape index (κ3) is 3.38. The van der Waals surface area contributed by atoms with Crippen molar-refractivity contribution in [3.05, 3.63) is 4.88 Å². The fourth-order valence-electron chi connectivity index (χ4n) is 1.94. The van der Waals surface area contributed by atoms with Crippen LogP contribution in [0.3, 0.4) is 0 Å². The third-order valence-corrected chi connectivity index (χ3v) is 4.15. The van der Waals surface area contributed by atoms with Crippen LogP contribution in [0.25, 0.3) is 0 Å². The number of esters is 1. The first-order chi connectivity index (χ1) is 9.65. The predicted molar refractivity (Wildman–Crippen MR) is 75.4 cm³/mol. The van der Waals surface area contributed by atoms with Gasteiger partial charge in [-0.3, -0.25) is 4.79 Å². The minimum atomic E-state index is -0.702. The Morgan fingerprint density at radius 1 is 1.50 bits per heavy atom. The van der Waals surface area contributed by atoms with Crippen LogP contribution in [0, 0.1) is 0 Å². The summed E-state index contributed by atoms with van der Waals surface area (Å²) in [5, 5.41) is 0.872. The van der Waals surface area contributed by atoms with Crippen LogP contribution < -0.4 is 15.4 Å². The summed E-state index contributed by atoms with van der Waals surface area (Å²) in [5.74, 6) is 0.0872. The quantitative estimate of drug-likeness (QED) is 0.768. The zero-order chi connectivity index (χ0) is 14.5. The van der Waals surface area contributed by atoms with Gasteiger partial charge in [-0.25, -0.2) is 0 Å². The highest BCUT2D eigenvalue weighted by Gasteiger charge is 2.23. The van der Waals surface area contributed by atoms with E-state index in [2.05, 4.69) is 14.6 Å². The van der Waals surface area contributed by atoms with Crippen molar-refractivity contribution in [2.45, 2.75) is 12.5 Å². The van der Waals surface area contributed by atoms with Crippen molar-refractivity contribution < 1.29 is 19.0 Å². The van der Waals surface area contributed by atoms with Crippen LogP contribution in [0.4, 0.5) is 5.13 Å². The van der Waals surface area contributed by atoms with E-state index in [9.17, 15) is 4.79 Å². The van der Waals surface area contributed by atoms with E-state index in [-0.39, 0.29) is 0 Å². The van der Waals surface area contributed by atoms with Crippen LogP contribution in [0.2, 0.25) is 0 Å². The average Bonchev–Trinajstić information content (AvgIpc) is 2.90. The van der Waals surface area contributed by atoms with Gasteiger partial charge in [-0.2, -0.15) is 4.98 Å². The van der Waals surface area contributed by atoms with Crippen molar-refractivity contribution in [3.8, 4) is 5.88 Å². The summed E-state index contributed by atoms with van der Waals surface area (Å²) in [6, 6.07) is -0.702. The number of carbonyl (C=O) groups is 1. The molecule has 1 aliphatic heterocycles. The van der Waals surface area contributed by atoms with E-state index in [4.69, 9.17) is 15.2 Å². The van der Waals surface area contributed by atoms with Gasteiger partial charge in [0.2, 0.25) is 5.88 Å². The summed E-state index contributed by atoms with van der Waals surface area (Å²) < 4.78 is 15.2. The normalized spacial score (nSPS) is 16.9. The number of thiazole rings is 1. The lowest BCUT2D eigenvalue weighted by molar-refractivity contribution is -0.142. The first-order valence-corrected chi connectivity index (χ1v) is 7.17. The number of morpholine rings is 1. The number of methoxy groups -OCH3 is 2. The van der Waals surface area contributed by atoms with Gasteiger partial charge >= 0.3 is 5.97 Å². The molecule has 7 nitrogen and oxygen atoms in total. The highest BCUT2D eigenvalue weighted by Crippen LogP contribution is 2.32. The number of nitrogens with zero attached hydrogens (tertiary/aromatic N) is 2. The topological polar surface area (TPSA) is 86.9 Å². The van der Waals surface area contributed by atoms with Gasteiger partial charge in [-0.1, -0.05) is 11.3 Å². The van der Waals surface area contributed by atoms with Gasteiger partial charge in [0, 0.05) is 19.5 Å². The molecule has 1 aromatic heterocycles. The lowest BCUT2D eigenvalue weighted by Gasteiger charge is -2.25. The van der Waals surface area contributed by atoms with Crippen LogP contribution in [-0.4, -0.2) is 57.5 Å². The number of anilines is 1. The zero-order valence-corrected chi connectivity index (χ0v) is 12.4. The van der Waals surface area contributed by atoms with E-state index in [1.165, 1.54) is 18.4 Å². The molecule has 8 heteroatoms. The van der Waals surface area contributed by atoms with E-state index < -0.39 is 12.0 Å². The Kier molecular flexibility index (Phi) is 5.16. The number of nitrogens with two attached hydrogens (primary N) is 1. The molecule has 0 amide bonds. The minimum absolute atomic E-state index is 0.359. The Labute approximate surface area is 121 Å². The molecule has 112 valence electrons. The molecule has 20 heavy (non-hydrogen) atoms. The van der Waals surface area contributed by atoms with Crippen molar-refractivity contribution in [1.29, 1.82) is 0 Å². The van der Waals surface area contributed by atoms with E-state index >= 15 is 0 Å². The van der Waals surface area contributed by atoms with Crippen molar-refractivity contribution in [2.75, 3.05) is 45.4 Å². The summed E-state index contributed by atoms with van der Waals surface area (Å²) >= 11 is 1.49. The van der Waals surface area contributed by atoms with E-state index in [0.29, 0.717) is 25.5 Å². The monoisotopic (exact) mass is 301 g/mol. The molecule has 0 radical (unpaired) electrons. The molecular weight excluding hydrogens is 282 g/mol. The summed E-state index contributed by atoms with van der Waals surface area (Å²) in [5.41, 5.74) is 5.79. The Morgan fingerprint density at radius 3 is 2.80 bits per heavy atom. The predicted octanol–water partition coefficient (Wildman–Crippen LogP) is 0.0311. The molecule has 1 saturated heterocycles. The SMILES string of the molecule is COC(=O)C(N)Cc1sc(N2CCOCC2)nc1OC. The molecule has 0 saturated carbocycles. The Morgan fingerprint density at radius 2 is 2.20 bits per heavy atom. The maximum atomic E-state index is 11.4. The van der Waals surface area contributed by atoms with Crippen molar-refractivity contribution >= 4 is 22.4 Å². The first kappa shape index (κ1) is 15.0. The molecule has 2 rings (SSSR count). The average molecular weight is 301 g/mol. The minimum Gasteiger partial charge on any atom is -0.480 e. The largest absolute Gasteiger partial charge is 0.480 e. The van der Waals surface area contributed by atoms with Crippen LogP contribution in [0.15, 0.2) is 0 Å². The summed E-state index contributed by atoms with van der Waals surface area (Å²) in [6.45, 7) is 3.00. The maximum absolute atomic E-state index is 11.4. The van der Waals surface area contributed by atoms with Gasteiger partial charge in [0.1, 0.15) is 6.04 Å². The maximum Gasteiger partial charge on any atom is 0.323 e. The smallest absolute Gasteiger partial charge is 0.323 e. The number of hydrogen-bond acceptors (Lipinski definition) is 8. The standard InChI is InChI=1S/C12H19N3O4S/c1-17-10-9(7-8(13)11(16)18-2)20-12(14-10)15-3-5-19-6-4-15/h8H,3-7,13H2,1-2H3. The Bertz CT molecular complexity index is 460. The number of carbonyl (C=O) groups excluding carboxylic acids is 1. The molecule has 1 aromatic rings. The van der Waals surface area contributed by atoms with Gasteiger partial charge < -0.3 is 24.8 Å². The molecule has 1 fully saturated rings. The molecule has 0 aliphatic carbocycles.